The summed E-state index contributed by atoms with van der Waals surface area (Å²) in [7, 11) is 3.29. The molecule has 0 aliphatic heterocycles. The third kappa shape index (κ3) is 2.68. The van der Waals surface area contributed by atoms with Gasteiger partial charge < -0.3 is 9.47 Å². The highest BCUT2D eigenvalue weighted by Gasteiger charge is 2.35. The van der Waals surface area contributed by atoms with Gasteiger partial charge in [0.05, 0.1) is 12.8 Å². The summed E-state index contributed by atoms with van der Waals surface area (Å²) in [6.07, 6.45) is 0. The molecule has 3 aromatic rings. The third-order valence-corrected chi connectivity index (χ3v) is 3.95. The third-order valence-electron chi connectivity index (χ3n) is 3.95. The molecule has 0 fully saturated rings. The number of ether oxygens (including phenoxy) is 2. The molecule has 1 atom stereocenters. The van der Waals surface area contributed by atoms with Crippen LogP contribution >= 0.6 is 0 Å². The molecule has 2 aromatic carbocycles. The van der Waals surface area contributed by atoms with E-state index in [1.807, 2.05) is 61.5 Å². The first-order valence-electron chi connectivity index (χ1n) is 7.23. The number of benzene rings is 2. The smallest absolute Gasteiger partial charge is 0.192 e. The van der Waals surface area contributed by atoms with Gasteiger partial charge in [-0.15, -0.1) is 5.10 Å². The van der Waals surface area contributed by atoms with Crippen LogP contribution in [0.25, 0.3) is 5.69 Å². The largest absolute Gasteiger partial charge is 0.497 e. The molecule has 0 radical (unpaired) electrons. The maximum Gasteiger partial charge on any atom is 0.192 e. The van der Waals surface area contributed by atoms with Crippen LogP contribution in [0.3, 0.4) is 0 Å². The normalized spacial score (nSPS) is 13.5. The number of hydrogen-bond donors (Lipinski definition) is 0. The number of tetrazole rings is 1. The van der Waals surface area contributed by atoms with Crippen molar-refractivity contribution in [1.82, 2.24) is 20.2 Å². The van der Waals surface area contributed by atoms with Crippen molar-refractivity contribution in [2.24, 2.45) is 0 Å². The summed E-state index contributed by atoms with van der Waals surface area (Å²) in [6, 6.07) is 17.4. The Hall–Kier alpha value is -2.73. The van der Waals surface area contributed by atoms with Crippen molar-refractivity contribution in [3.05, 3.63) is 66.0 Å². The molecule has 0 N–H and O–H groups in total. The lowest BCUT2D eigenvalue weighted by molar-refractivity contribution is 0.0293. The van der Waals surface area contributed by atoms with Crippen molar-refractivity contribution in [3.63, 3.8) is 0 Å². The lowest BCUT2D eigenvalue weighted by Crippen LogP contribution is -2.30. The predicted octanol–water partition coefficient (Wildman–Crippen LogP) is 2.58. The topological polar surface area (TPSA) is 62.1 Å². The number of nitrogens with zero attached hydrogens (tertiary/aromatic N) is 4. The van der Waals surface area contributed by atoms with Crippen molar-refractivity contribution in [2.75, 3.05) is 14.2 Å². The van der Waals surface area contributed by atoms with E-state index in [1.54, 1.807) is 18.9 Å². The van der Waals surface area contributed by atoms with Gasteiger partial charge in [-0.3, -0.25) is 0 Å². The average molecular weight is 310 g/mol. The van der Waals surface area contributed by atoms with E-state index in [1.165, 1.54) is 0 Å². The second-order valence-electron chi connectivity index (χ2n) is 5.22. The van der Waals surface area contributed by atoms with E-state index in [4.69, 9.17) is 9.47 Å². The average Bonchev–Trinajstić information content (AvgIpc) is 3.12. The van der Waals surface area contributed by atoms with E-state index in [0.29, 0.717) is 5.82 Å². The molecular formula is C17H18N4O2. The van der Waals surface area contributed by atoms with Crippen LogP contribution in [0.5, 0.6) is 5.75 Å². The Kier molecular flexibility index (Phi) is 4.08. The van der Waals surface area contributed by atoms with E-state index in [9.17, 15) is 0 Å². The molecular weight excluding hydrogens is 292 g/mol. The SMILES string of the molecule is COc1ccc(-n2nnnc2C(C)(OC)c2ccccc2)cc1. The molecule has 0 amide bonds. The van der Waals surface area contributed by atoms with Crippen LogP contribution in [0.1, 0.15) is 18.3 Å². The van der Waals surface area contributed by atoms with Gasteiger partial charge in [0, 0.05) is 7.11 Å². The Morgan fingerprint density at radius 1 is 0.957 bits per heavy atom. The molecule has 3 rings (SSSR count). The van der Waals surface area contributed by atoms with E-state index in [-0.39, 0.29) is 0 Å². The fraction of sp³-hybridized carbons (Fsp3) is 0.235. The van der Waals surface area contributed by atoms with Gasteiger partial charge in [-0.25, -0.2) is 0 Å². The van der Waals surface area contributed by atoms with Gasteiger partial charge in [0.1, 0.15) is 5.75 Å². The van der Waals surface area contributed by atoms with Gasteiger partial charge in [-0.05, 0) is 47.2 Å². The van der Waals surface area contributed by atoms with Gasteiger partial charge in [0.15, 0.2) is 11.4 Å². The number of hydrogen-bond acceptors (Lipinski definition) is 5. The van der Waals surface area contributed by atoms with Gasteiger partial charge in [0.25, 0.3) is 0 Å². The Morgan fingerprint density at radius 2 is 1.65 bits per heavy atom. The summed E-state index contributed by atoms with van der Waals surface area (Å²) in [6.45, 7) is 1.95. The summed E-state index contributed by atoms with van der Waals surface area (Å²) < 4.78 is 12.7. The molecule has 6 nitrogen and oxygen atoms in total. The lowest BCUT2D eigenvalue weighted by Gasteiger charge is -2.27. The minimum Gasteiger partial charge on any atom is -0.497 e. The van der Waals surface area contributed by atoms with E-state index < -0.39 is 5.60 Å². The number of methoxy groups -OCH3 is 2. The molecule has 0 saturated heterocycles. The lowest BCUT2D eigenvalue weighted by atomic mass is 9.94. The molecule has 1 aromatic heterocycles. The highest BCUT2D eigenvalue weighted by molar-refractivity contribution is 5.39. The fourth-order valence-corrected chi connectivity index (χ4v) is 2.48. The molecule has 23 heavy (non-hydrogen) atoms. The standard InChI is InChI=1S/C17H18N4O2/c1-17(23-3,13-7-5-4-6-8-13)16-18-19-20-21(16)14-9-11-15(22-2)12-10-14/h4-12H,1-3H3. The first-order valence-corrected chi connectivity index (χ1v) is 7.23. The summed E-state index contributed by atoms with van der Waals surface area (Å²) in [5.74, 6) is 1.39. The molecule has 6 heteroatoms. The maximum atomic E-state index is 5.79. The van der Waals surface area contributed by atoms with Crippen molar-refractivity contribution in [3.8, 4) is 11.4 Å². The van der Waals surface area contributed by atoms with Crippen LogP contribution in [0, 0.1) is 0 Å². The zero-order chi connectivity index (χ0) is 16.3. The van der Waals surface area contributed by atoms with Crippen LogP contribution in [0.4, 0.5) is 0 Å². The first kappa shape index (κ1) is 15.2. The Labute approximate surface area is 134 Å². The number of rotatable bonds is 5. The van der Waals surface area contributed by atoms with Gasteiger partial charge in [-0.1, -0.05) is 30.3 Å². The molecule has 0 spiro atoms. The summed E-state index contributed by atoms with van der Waals surface area (Å²) in [5, 5.41) is 12.1. The number of aromatic nitrogens is 4. The predicted molar refractivity (Wildman–Crippen MR) is 85.6 cm³/mol. The van der Waals surface area contributed by atoms with E-state index in [0.717, 1.165) is 17.0 Å². The minimum absolute atomic E-state index is 0.608. The van der Waals surface area contributed by atoms with Gasteiger partial charge in [-0.2, -0.15) is 4.68 Å². The summed E-state index contributed by atoms with van der Waals surface area (Å²) in [5.41, 5.74) is 1.06. The van der Waals surface area contributed by atoms with Crippen molar-refractivity contribution in [1.29, 1.82) is 0 Å². The Bertz CT molecular complexity index is 771. The van der Waals surface area contributed by atoms with Crippen LogP contribution in [0.15, 0.2) is 54.6 Å². The summed E-state index contributed by atoms with van der Waals surface area (Å²) in [4.78, 5) is 0. The molecule has 0 aliphatic rings. The van der Waals surface area contributed by atoms with Crippen LogP contribution in [-0.2, 0) is 10.3 Å². The quantitative estimate of drug-likeness (QED) is 0.725. The van der Waals surface area contributed by atoms with E-state index in [2.05, 4.69) is 15.5 Å². The Balaban J connectivity index is 2.08. The monoisotopic (exact) mass is 310 g/mol. The van der Waals surface area contributed by atoms with Crippen LogP contribution in [-0.4, -0.2) is 34.4 Å². The highest BCUT2D eigenvalue weighted by Crippen LogP contribution is 2.32. The molecule has 0 bridgehead atoms. The van der Waals surface area contributed by atoms with Gasteiger partial charge in [0.2, 0.25) is 0 Å². The van der Waals surface area contributed by atoms with Crippen molar-refractivity contribution in [2.45, 2.75) is 12.5 Å². The fourth-order valence-electron chi connectivity index (χ4n) is 2.48. The molecule has 0 aliphatic carbocycles. The first-order chi connectivity index (χ1) is 11.2. The van der Waals surface area contributed by atoms with Crippen LogP contribution < -0.4 is 4.74 Å². The van der Waals surface area contributed by atoms with Crippen LogP contribution in [0.2, 0.25) is 0 Å². The maximum absolute atomic E-state index is 5.79. The second-order valence-corrected chi connectivity index (χ2v) is 5.22. The van der Waals surface area contributed by atoms with E-state index >= 15 is 0 Å². The molecule has 1 heterocycles. The molecule has 1 unspecified atom stereocenters. The van der Waals surface area contributed by atoms with Gasteiger partial charge >= 0.3 is 0 Å². The van der Waals surface area contributed by atoms with Crippen molar-refractivity contribution < 1.29 is 9.47 Å². The zero-order valence-electron chi connectivity index (χ0n) is 13.3. The molecule has 118 valence electrons. The highest BCUT2D eigenvalue weighted by atomic mass is 16.5. The summed E-state index contributed by atoms with van der Waals surface area (Å²) >= 11 is 0. The minimum atomic E-state index is -0.759. The molecule has 0 saturated carbocycles. The zero-order valence-corrected chi connectivity index (χ0v) is 13.3. The second kappa shape index (κ2) is 6.18. The van der Waals surface area contributed by atoms with Crippen molar-refractivity contribution >= 4 is 0 Å². The Morgan fingerprint density at radius 3 is 2.26 bits per heavy atom.